The summed E-state index contributed by atoms with van der Waals surface area (Å²) in [6.45, 7) is 2.44. The SMILES string of the molecule is FC(F)(F)c1ccc(N2CCC(NCc3cc(Br)cs3)CC2)nc1. The van der Waals surface area contributed by atoms with Gasteiger partial charge in [0.25, 0.3) is 0 Å². The zero-order chi connectivity index (χ0) is 17.2. The van der Waals surface area contributed by atoms with E-state index in [1.165, 1.54) is 10.9 Å². The van der Waals surface area contributed by atoms with Crippen LogP contribution in [-0.2, 0) is 12.7 Å². The number of piperidine rings is 1. The van der Waals surface area contributed by atoms with Crippen molar-refractivity contribution in [3.05, 3.63) is 44.7 Å². The number of pyridine rings is 1. The van der Waals surface area contributed by atoms with E-state index in [0.29, 0.717) is 11.9 Å². The van der Waals surface area contributed by atoms with Crippen molar-refractivity contribution in [1.82, 2.24) is 10.3 Å². The topological polar surface area (TPSA) is 28.2 Å². The number of nitrogens with one attached hydrogen (secondary N) is 1. The van der Waals surface area contributed by atoms with Gasteiger partial charge in [-0.15, -0.1) is 11.3 Å². The fourth-order valence-electron chi connectivity index (χ4n) is 2.74. The molecule has 130 valence electrons. The van der Waals surface area contributed by atoms with Crippen molar-refractivity contribution >= 4 is 33.1 Å². The molecule has 0 radical (unpaired) electrons. The van der Waals surface area contributed by atoms with Crippen molar-refractivity contribution in [3.63, 3.8) is 0 Å². The van der Waals surface area contributed by atoms with Gasteiger partial charge in [0, 0.05) is 46.6 Å². The Labute approximate surface area is 151 Å². The van der Waals surface area contributed by atoms with Crippen molar-refractivity contribution in [1.29, 1.82) is 0 Å². The predicted molar refractivity (Wildman–Crippen MR) is 93.3 cm³/mol. The van der Waals surface area contributed by atoms with E-state index in [4.69, 9.17) is 0 Å². The van der Waals surface area contributed by atoms with Crippen LogP contribution >= 0.6 is 27.3 Å². The lowest BCUT2D eigenvalue weighted by Crippen LogP contribution is -2.42. The van der Waals surface area contributed by atoms with Crippen molar-refractivity contribution in [3.8, 4) is 0 Å². The Kier molecular flexibility index (Phi) is 5.46. The fraction of sp³-hybridized carbons (Fsp3) is 0.438. The second kappa shape index (κ2) is 7.41. The van der Waals surface area contributed by atoms with E-state index in [9.17, 15) is 13.2 Å². The van der Waals surface area contributed by atoms with Crippen molar-refractivity contribution in [2.45, 2.75) is 31.6 Å². The summed E-state index contributed by atoms with van der Waals surface area (Å²) >= 11 is 5.16. The molecule has 24 heavy (non-hydrogen) atoms. The van der Waals surface area contributed by atoms with Crippen LogP contribution in [0.1, 0.15) is 23.3 Å². The predicted octanol–water partition coefficient (Wildman–Crippen LogP) is 4.68. The Morgan fingerprint density at radius 2 is 2.04 bits per heavy atom. The van der Waals surface area contributed by atoms with Gasteiger partial charge in [0.1, 0.15) is 5.82 Å². The molecule has 0 spiro atoms. The smallest absolute Gasteiger partial charge is 0.357 e. The third-order valence-electron chi connectivity index (χ3n) is 4.08. The zero-order valence-electron chi connectivity index (χ0n) is 12.8. The van der Waals surface area contributed by atoms with Crippen LogP contribution in [0.5, 0.6) is 0 Å². The number of rotatable bonds is 4. The van der Waals surface area contributed by atoms with Gasteiger partial charge in [0.2, 0.25) is 0 Å². The van der Waals surface area contributed by atoms with Crippen molar-refractivity contribution in [2.24, 2.45) is 0 Å². The number of anilines is 1. The number of aromatic nitrogens is 1. The molecule has 0 bridgehead atoms. The minimum atomic E-state index is -4.33. The molecule has 1 saturated heterocycles. The van der Waals surface area contributed by atoms with Crippen LogP contribution in [0, 0.1) is 0 Å². The standard InChI is InChI=1S/C16H17BrF3N3S/c17-12-7-14(24-10-12)9-21-13-3-5-23(6-4-13)15-2-1-11(8-22-15)16(18,19)20/h1-2,7-8,10,13,21H,3-6,9H2. The van der Waals surface area contributed by atoms with E-state index >= 15 is 0 Å². The van der Waals surface area contributed by atoms with Gasteiger partial charge in [-0.05, 0) is 47.0 Å². The first-order valence-electron chi connectivity index (χ1n) is 7.66. The first-order valence-corrected chi connectivity index (χ1v) is 9.33. The van der Waals surface area contributed by atoms with E-state index in [1.807, 2.05) is 4.90 Å². The number of hydrogen-bond donors (Lipinski definition) is 1. The normalized spacial score (nSPS) is 16.6. The highest BCUT2D eigenvalue weighted by Crippen LogP contribution is 2.29. The van der Waals surface area contributed by atoms with Gasteiger partial charge in [-0.2, -0.15) is 13.2 Å². The lowest BCUT2D eigenvalue weighted by Gasteiger charge is -2.33. The Balaban J connectivity index is 1.49. The Morgan fingerprint density at radius 3 is 2.58 bits per heavy atom. The summed E-state index contributed by atoms with van der Waals surface area (Å²) in [4.78, 5) is 7.30. The molecule has 3 nitrogen and oxygen atoms in total. The van der Waals surface area contributed by atoms with Gasteiger partial charge in [-0.3, -0.25) is 0 Å². The van der Waals surface area contributed by atoms with Gasteiger partial charge in [-0.25, -0.2) is 4.98 Å². The minimum Gasteiger partial charge on any atom is -0.357 e. The summed E-state index contributed by atoms with van der Waals surface area (Å²) < 4.78 is 38.8. The summed E-state index contributed by atoms with van der Waals surface area (Å²) in [6.07, 6.45) is -1.52. The van der Waals surface area contributed by atoms with Crippen LogP contribution < -0.4 is 10.2 Å². The summed E-state index contributed by atoms with van der Waals surface area (Å²) in [5, 5.41) is 5.61. The van der Waals surface area contributed by atoms with Gasteiger partial charge >= 0.3 is 6.18 Å². The molecule has 2 aromatic rings. The largest absolute Gasteiger partial charge is 0.417 e. The van der Waals surface area contributed by atoms with Crippen LogP contribution in [0.4, 0.5) is 19.0 Å². The third-order valence-corrected chi connectivity index (χ3v) is 5.78. The van der Waals surface area contributed by atoms with Crippen LogP contribution in [-0.4, -0.2) is 24.1 Å². The van der Waals surface area contributed by atoms with Crippen LogP contribution in [0.2, 0.25) is 0 Å². The number of alkyl halides is 3. The van der Waals surface area contributed by atoms with E-state index in [2.05, 4.69) is 37.7 Å². The molecule has 1 aliphatic rings. The quantitative estimate of drug-likeness (QED) is 0.779. The van der Waals surface area contributed by atoms with Gasteiger partial charge in [0.15, 0.2) is 0 Å². The molecule has 0 atom stereocenters. The van der Waals surface area contributed by atoms with Gasteiger partial charge in [0.05, 0.1) is 5.56 Å². The molecule has 1 N–H and O–H groups in total. The molecule has 0 amide bonds. The average Bonchev–Trinajstić information content (AvgIpc) is 2.98. The molecule has 0 saturated carbocycles. The summed E-state index contributed by atoms with van der Waals surface area (Å²) in [7, 11) is 0. The average molecular weight is 420 g/mol. The number of nitrogens with zero attached hydrogens (tertiary/aromatic N) is 2. The maximum atomic E-state index is 12.6. The fourth-order valence-corrected chi connectivity index (χ4v) is 4.15. The first-order chi connectivity index (χ1) is 11.4. The maximum absolute atomic E-state index is 12.6. The highest BCUT2D eigenvalue weighted by atomic mass is 79.9. The molecular formula is C16H17BrF3N3S. The number of hydrogen-bond acceptors (Lipinski definition) is 4. The molecule has 0 aromatic carbocycles. The first kappa shape index (κ1) is 17.7. The monoisotopic (exact) mass is 419 g/mol. The number of thiophene rings is 1. The second-order valence-corrected chi connectivity index (χ2v) is 7.69. The number of halogens is 4. The lowest BCUT2D eigenvalue weighted by molar-refractivity contribution is -0.137. The molecule has 0 unspecified atom stereocenters. The molecule has 8 heteroatoms. The van der Waals surface area contributed by atoms with Crippen molar-refractivity contribution < 1.29 is 13.2 Å². The summed E-state index contributed by atoms with van der Waals surface area (Å²) in [5.41, 5.74) is -0.704. The summed E-state index contributed by atoms with van der Waals surface area (Å²) in [5.74, 6) is 0.614. The van der Waals surface area contributed by atoms with E-state index in [1.54, 1.807) is 11.3 Å². The zero-order valence-corrected chi connectivity index (χ0v) is 15.2. The highest BCUT2D eigenvalue weighted by Gasteiger charge is 2.31. The maximum Gasteiger partial charge on any atom is 0.417 e. The van der Waals surface area contributed by atoms with Crippen molar-refractivity contribution in [2.75, 3.05) is 18.0 Å². The Morgan fingerprint density at radius 1 is 1.29 bits per heavy atom. The van der Waals surface area contributed by atoms with Gasteiger partial charge < -0.3 is 10.2 Å². The molecule has 2 aromatic heterocycles. The Bertz CT molecular complexity index is 664. The molecule has 1 aliphatic heterocycles. The minimum absolute atomic E-state index is 0.427. The lowest BCUT2D eigenvalue weighted by atomic mass is 10.0. The molecule has 3 heterocycles. The molecule has 1 fully saturated rings. The molecule has 3 rings (SSSR count). The van der Waals surface area contributed by atoms with Gasteiger partial charge in [-0.1, -0.05) is 0 Å². The van der Waals surface area contributed by atoms with Crippen LogP contribution in [0.15, 0.2) is 34.2 Å². The summed E-state index contributed by atoms with van der Waals surface area (Å²) in [6, 6.07) is 5.09. The highest BCUT2D eigenvalue weighted by molar-refractivity contribution is 9.10. The molecular weight excluding hydrogens is 403 g/mol. The molecule has 0 aliphatic carbocycles. The second-order valence-electron chi connectivity index (χ2n) is 5.78. The van der Waals surface area contributed by atoms with Crippen LogP contribution in [0.3, 0.4) is 0 Å². The van der Waals surface area contributed by atoms with E-state index in [0.717, 1.165) is 49.2 Å². The third kappa shape index (κ3) is 4.49. The van der Waals surface area contributed by atoms with E-state index < -0.39 is 11.7 Å². The Hall–Kier alpha value is -1.12. The van der Waals surface area contributed by atoms with Crippen LogP contribution in [0.25, 0.3) is 0 Å². The van der Waals surface area contributed by atoms with E-state index in [-0.39, 0.29) is 0 Å².